The normalized spacial score (nSPS) is 10.5. The molecule has 0 aliphatic carbocycles. The van der Waals surface area contributed by atoms with E-state index in [-0.39, 0.29) is 5.97 Å². The average molecular weight is 230 g/mol. The van der Waals surface area contributed by atoms with Gasteiger partial charge in [0.15, 0.2) is 0 Å². The fourth-order valence-electron chi connectivity index (χ4n) is 1.29. The largest absolute Gasteiger partial charge is 0.466 e. The summed E-state index contributed by atoms with van der Waals surface area (Å²) in [5.41, 5.74) is 1.87. The van der Waals surface area contributed by atoms with Crippen LogP contribution in [0.4, 0.5) is 5.69 Å². The predicted octanol–water partition coefficient (Wildman–Crippen LogP) is 2.09. The zero-order valence-electron chi connectivity index (χ0n) is 9.86. The van der Waals surface area contributed by atoms with E-state index in [1.54, 1.807) is 25.1 Å². The van der Waals surface area contributed by atoms with Crippen molar-refractivity contribution in [1.82, 2.24) is 0 Å². The van der Waals surface area contributed by atoms with Crippen LogP contribution in [0.1, 0.15) is 12.5 Å². The predicted molar refractivity (Wildman–Crippen MR) is 65.4 cm³/mol. The van der Waals surface area contributed by atoms with Crippen LogP contribution in [-0.2, 0) is 9.53 Å². The summed E-state index contributed by atoms with van der Waals surface area (Å²) >= 11 is 0. The molecule has 1 aromatic rings. The van der Waals surface area contributed by atoms with E-state index in [2.05, 4.69) is 16.1 Å². The Kier molecular flexibility index (Phi) is 4.77. The second-order valence-corrected chi connectivity index (χ2v) is 3.42. The quantitative estimate of drug-likeness (QED) is 0.635. The minimum Gasteiger partial charge on any atom is -0.466 e. The molecule has 0 saturated carbocycles. The summed E-state index contributed by atoms with van der Waals surface area (Å²) in [6.45, 7) is 2.16. The van der Waals surface area contributed by atoms with Crippen LogP contribution in [0, 0.1) is 11.3 Å². The zero-order chi connectivity index (χ0) is 12.7. The van der Waals surface area contributed by atoms with Gasteiger partial charge in [-0.05, 0) is 19.1 Å². The van der Waals surface area contributed by atoms with E-state index in [0.29, 0.717) is 17.7 Å². The number of hydrogen-bond donors (Lipinski definition) is 1. The number of benzene rings is 1. The van der Waals surface area contributed by atoms with Gasteiger partial charge in [0, 0.05) is 12.1 Å². The van der Waals surface area contributed by atoms with Crippen LogP contribution >= 0.6 is 0 Å². The highest BCUT2D eigenvalue weighted by molar-refractivity contribution is 5.87. The van der Waals surface area contributed by atoms with Gasteiger partial charge in [-0.15, -0.1) is 0 Å². The smallest absolute Gasteiger partial charge is 0.333 e. The summed E-state index contributed by atoms with van der Waals surface area (Å²) in [6.07, 6.45) is 1.72. The maximum atomic E-state index is 11.1. The fourth-order valence-corrected chi connectivity index (χ4v) is 1.29. The highest BCUT2D eigenvalue weighted by Crippen LogP contribution is 2.13. The summed E-state index contributed by atoms with van der Waals surface area (Å²) in [7, 11) is 1.35. The first kappa shape index (κ1) is 12.8. The molecular formula is C13H14N2O2. The molecule has 0 aliphatic rings. The number of nitriles is 1. The summed E-state index contributed by atoms with van der Waals surface area (Å²) in [5.74, 6) is -0.347. The number of nitrogens with zero attached hydrogens (tertiary/aromatic N) is 1. The van der Waals surface area contributed by atoms with Crippen molar-refractivity contribution in [3.8, 4) is 6.07 Å². The molecule has 1 N–H and O–H groups in total. The van der Waals surface area contributed by atoms with Gasteiger partial charge in [0.05, 0.1) is 18.4 Å². The van der Waals surface area contributed by atoms with Crippen LogP contribution in [0.2, 0.25) is 0 Å². The molecule has 0 fully saturated rings. The molecule has 0 heterocycles. The number of hydrogen-bond acceptors (Lipinski definition) is 4. The van der Waals surface area contributed by atoms with E-state index in [4.69, 9.17) is 5.26 Å². The number of rotatable bonds is 4. The Hall–Kier alpha value is -2.28. The van der Waals surface area contributed by atoms with Crippen LogP contribution in [0.15, 0.2) is 35.9 Å². The molecule has 4 nitrogen and oxygen atoms in total. The maximum Gasteiger partial charge on any atom is 0.333 e. The first-order chi connectivity index (χ1) is 8.19. The van der Waals surface area contributed by atoms with Crippen LogP contribution in [0.3, 0.4) is 0 Å². The Bertz CT molecular complexity index is 473. The minimum atomic E-state index is -0.347. The summed E-state index contributed by atoms with van der Waals surface area (Å²) in [4.78, 5) is 11.1. The lowest BCUT2D eigenvalue weighted by molar-refractivity contribution is -0.136. The van der Waals surface area contributed by atoms with E-state index in [9.17, 15) is 4.79 Å². The summed E-state index contributed by atoms with van der Waals surface area (Å²) in [5, 5.41) is 11.9. The molecule has 0 aliphatic heterocycles. The fraction of sp³-hybridized carbons (Fsp3) is 0.231. The molecule has 88 valence electrons. The molecule has 0 atom stereocenters. The molecule has 1 rings (SSSR count). The maximum absolute atomic E-state index is 11.1. The highest BCUT2D eigenvalue weighted by Gasteiger charge is 2.02. The average Bonchev–Trinajstić information content (AvgIpc) is 2.38. The molecular weight excluding hydrogens is 216 g/mol. The zero-order valence-corrected chi connectivity index (χ0v) is 9.86. The Morgan fingerprint density at radius 1 is 1.53 bits per heavy atom. The van der Waals surface area contributed by atoms with Gasteiger partial charge in [-0.3, -0.25) is 0 Å². The molecule has 0 unspecified atom stereocenters. The van der Waals surface area contributed by atoms with Gasteiger partial charge in [-0.1, -0.05) is 18.2 Å². The number of anilines is 1. The SMILES string of the molecule is COC(=O)/C(C)=C/CNc1ccccc1C#N. The van der Waals surface area contributed by atoms with Crippen molar-refractivity contribution < 1.29 is 9.53 Å². The highest BCUT2D eigenvalue weighted by atomic mass is 16.5. The minimum absolute atomic E-state index is 0.347. The van der Waals surface area contributed by atoms with Crippen molar-refractivity contribution in [3.63, 3.8) is 0 Å². The molecule has 0 radical (unpaired) electrons. The lowest BCUT2D eigenvalue weighted by Gasteiger charge is -2.05. The van der Waals surface area contributed by atoms with Crippen LogP contribution < -0.4 is 5.32 Å². The lowest BCUT2D eigenvalue weighted by atomic mass is 10.2. The molecule has 4 heteroatoms. The van der Waals surface area contributed by atoms with Gasteiger partial charge in [0.1, 0.15) is 6.07 Å². The van der Waals surface area contributed by atoms with E-state index in [0.717, 1.165) is 5.69 Å². The topological polar surface area (TPSA) is 62.1 Å². The number of carbonyl (C=O) groups is 1. The molecule has 0 aromatic heterocycles. The van der Waals surface area contributed by atoms with Crippen molar-refractivity contribution >= 4 is 11.7 Å². The van der Waals surface area contributed by atoms with Gasteiger partial charge in [0.25, 0.3) is 0 Å². The molecule has 0 saturated heterocycles. The second-order valence-electron chi connectivity index (χ2n) is 3.42. The van der Waals surface area contributed by atoms with E-state index < -0.39 is 0 Å². The molecule has 17 heavy (non-hydrogen) atoms. The van der Waals surface area contributed by atoms with Crippen LogP contribution in [0.5, 0.6) is 0 Å². The standard InChI is InChI=1S/C13H14N2O2/c1-10(13(16)17-2)7-8-15-12-6-4-3-5-11(12)9-14/h3-7,15H,8H2,1-2H3/b10-7+. The molecule has 1 aromatic carbocycles. The van der Waals surface area contributed by atoms with Crippen LogP contribution in [0.25, 0.3) is 0 Å². The third-order valence-corrected chi connectivity index (χ3v) is 2.26. The Labute approximate surface area is 101 Å². The first-order valence-corrected chi connectivity index (χ1v) is 5.17. The Morgan fingerprint density at radius 2 is 2.24 bits per heavy atom. The third-order valence-electron chi connectivity index (χ3n) is 2.26. The van der Waals surface area contributed by atoms with E-state index >= 15 is 0 Å². The summed E-state index contributed by atoms with van der Waals surface area (Å²) < 4.78 is 4.57. The van der Waals surface area contributed by atoms with Crippen molar-refractivity contribution in [2.24, 2.45) is 0 Å². The van der Waals surface area contributed by atoms with Crippen molar-refractivity contribution in [3.05, 3.63) is 41.5 Å². The van der Waals surface area contributed by atoms with Crippen molar-refractivity contribution in [2.45, 2.75) is 6.92 Å². The first-order valence-electron chi connectivity index (χ1n) is 5.17. The van der Waals surface area contributed by atoms with Gasteiger partial charge in [-0.25, -0.2) is 4.79 Å². The van der Waals surface area contributed by atoms with E-state index in [1.165, 1.54) is 7.11 Å². The number of carbonyl (C=O) groups excluding carboxylic acids is 1. The van der Waals surface area contributed by atoms with Gasteiger partial charge in [0.2, 0.25) is 0 Å². The number of ether oxygens (including phenoxy) is 1. The van der Waals surface area contributed by atoms with Crippen molar-refractivity contribution in [2.75, 3.05) is 19.0 Å². The van der Waals surface area contributed by atoms with Gasteiger partial charge >= 0.3 is 5.97 Å². The van der Waals surface area contributed by atoms with Gasteiger partial charge in [-0.2, -0.15) is 5.26 Å². The van der Waals surface area contributed by atoms with Crippen LogP contribution in [-0.4, -0.2) is 19.6 Å². The molecule has 0 amide bonds. The third kappa shape index (κ3) is 3.65. The number of methoxy groups -OCH3 is 1. The van der Waals surface area contributed by atoms with Gasteiger partial charge < -0.3 is 10.1 Å². The summed E-state index contributed by atoms with van der Waals surface area (Å²) in [6, 6.07) is 9.30. The van der Waals surface area contributed by atoms with E-state index in [1.807, 2.05) is 12.1 Å². The lowest BCUT2D eigenvalue weighted by Crippen LogP contribution is -2.06. The number of para-hydroxylation sites is 1. The van der Waals surface area contributed by atoms with Crippen molar-refractivity contribution in [1.29, 1.82) is 5.26 Å². The Morgan fingerprint density at radius 3 is 2.88 bits per heavy atom. The number of nitrogens with one attached hydrogen (secondary N) is 1. The monoisotopic (exact) mass is 230 g/mol. The Balaban J connectivity index is 2.63. The molecule has 0 spiro atoms. The number of esters is 1. The molecule has 0 bridgehead atoms. The second kappa shape index (κ2) is 6.33.